The van der Waals surface area contributed by atoms with E-state index in [0.717, 1.165) is 35.5 Å². The SMILES string of the molecule is CCc1nnsc1C(O)Cc1ccn(C(CC)CC)n1. The molecule has 20 heavy (non-hydrogen) atoms. The van der Waals surface area contributed by atoms with Gasteiger partial charge in [0.25, 0.3) is 0 Å². The summed E-state index contributed by atoms with van der Waals surface area (Å²) in [6.45, 7) is 6.36. The highest BCUT2D eigenvalue weighted by molar-refractivity contribution is 7.05. The van der Waals surface area contributed by atoms with Crippen molar-refractivity contribution < 1.29 is 5.11 Å². The standard InChI is InChI=1S/C14H22N4OS/c1-4-11(5-2)18-8-7-10(16-18)9-13(19)14-12(6-3)15-17-20-14/h7-8,11,13,19H,4-6,9H2,1-3H3. The van der Waals surface area contributed by atoms with E-state index in [1.54, 1.807) is 0 Å². The number of rotatable bonds is 7. The maximum atomic E-state index is 10.3. The summed E-state index contributed by atoms with van der Waals surface area (Å²) in [7, 11) is 0. The summed E-state index contributed by atoms with van der Waals surface area (Å²) in [5.74, 6) is 0. The van der Waals surface area contributed by atoms with Gasteiger partial charge in [0, 0.05) is 12.6 Å². The van der Waals surface area contributed by atoms with Crippen molar-refractivity contribution in [2.45, 2.75) is 58.6 Å². The largest absolute Gasteiger partial charge is 0.387 e. The third kappa shape index (κ3) is 3.24. The van der Waals surface area contributed by atoms with Crippen molar-refractivity contribution in [3.05, 3.63) is 28.5 Å². The van der Waals surface area contributed by atoms with Crippen molar-refractivity contribution in [1.82, 2.24) is 19.4 Å². The van der Waals surface area contributed by atoms with Crippen LogP contribution in [-0.2, 0) is 12.8 Å². The van der Waals surface area contributed by atoms with E-state index in [1.807, 2.05) is 23.9 Å². The Kier molecular flexibility index (Phi) is 5.25. The van der Waals surface area contributed by atoms with Gasteiger partial charge in [-0.25, -0.2) is 0 Å². The van der Waals surface area contributed by atoms with Crippen molar-refractivity contribution in [3.8, 4) is 0 Å². The van der Waals surface area contributed by atoms with Crippen molar-refractivity contribution in [2.24, 2.45) is 0 Å². The van der Waals surface area contributed by atoms with Gasteiger partial charge in [-0.2, -0.15) is 5.10 Å². The van der Waals surface area contributed by atoms with Gasteiger partial charge in [-0.3, -0.25) is 4.68 Å². The lowest BCUT2D eigenvalue weighted by molar-refractivity contribution is 0.179. The fourth-order valence-corrected chi connectivity index (χ4v) is 3.08. The van der Waals surface area contributed by atoms with Gasteiger partial charge in [0.2, 0.25) is 0 Å². The molecule has 2 aromatic heterocycles. The van der Waals surface area contributed by atoms with Crippen LogP contribution in [0.2, 0.25) is 0 Å². The number of hydrogen-bond acceptors (Lipinski definition) is 5. The second-order valence-corrected chi connectivity index (χ2v) is 5.70. The van der Waals surface area contributed by atoms with Crippen LogP contribution in [0, 0.1) is 0 Å². The number of aryl methyl sites for hydroxylation is 1. The molecule has 2 heterocycles. The Hall–Kier alpha value is -1.27. The van der Waals surface area contributed by atoms with Crippen LogP contribution in [-0.4, -0.2) is 24.5 Å². The van der Waals surface area contributed by atoms with Crippen LogP contribution in [0.25, 0.3) is 0 Å². The lowest BCUT2D eigenvalue weighted by Gasteiger charge is -2.12. The summed E-state index contributed by atoms with van der Waals surface area (Å²) >= 11 is 1.28. The molecule has 0 saturated carbocycles. The summed E-state index contributed by atoms with van der Waals surface area (Å²) in [6, 6.07) is 2.43. The fraction of sp³-hybridized carbons (Fsp3) is 0.643. The lowest BCUT2D eigenvalue weighted by atomic mass is 10.1. The maximum Gasteiger partial charge on any atom is 0.0973 e. The second-order valence-electron chi connectivity index (χ2n) is 4.91. The Labute approximate surface area is 123 Å². The third-order valence-corrected chi connectivity index (χ3v) is 4.47. The van der Waals surface area contributed by atoms with Crippen LogP contribution < -0.4 is 0 Å². The van der Waals surface area contributed by atoms with E-state index >= 15 is 0 Å². The highest BCUT2D eigenvalue weighted by atomic mass is 32.1. The van der Waals surface area contributed by atoms with Crippen LogP contribution in [0.1, 0.15) is 62.0 Å². The Morgan fingerprint density at radius 3 is 2.70 bits per heavy atom. The molecule has 0 amide bonds. The average Bonchev–Trinajstić information content (AvgIpc) is 3.09. The molecule has 0 saturated heterocycles. The van der Waals surface area contributed by atoms with Crippen LogP contribution in [0.15, 0.2) is 12.3 Å². The number of aliphatic hydroxyl groups excluding tert-OH is 1. The summed E-state index contributed by atoms with van der Waals surface area (Å²) in [5, 5.41) is 18.9. The van der Waals surface area contributed by atoms with E-state index in [0.29, 0.717) is 12.5 Å². The highest BCUT2D eigenvalue weighted by Gasteiger charge is 2.18. The van der Waals surface area contributed by atoms with Crippen LogP contribution in [0.4, 0.5) is 0 Å². The first-order chi connectivity index (χ1) is 9.69. The molecule has 2 rings (SSSR count). The highest BCUT2D eigenvalue weighted by Crippen LogP contribution is 2.24. The maximum absolute atomic E-state index is 10.3. The first kappa shape index (κ1) is 15.1. The van der Waals surface area contributed by atoms with Crippen LogP contribution in [0.3, 0.4) is 0 Å². The van der Waals surface area contributed by atoms with Crippen molar-refractivity contribution in [1.29, 1.82) is 0 Å². The Morgan fingerprint density at radius 1 is 1.30 bits per heavy atom. The van der Waals surface area contributed by atoms with Crippen LogP contribution >= 0.6 is 11.5 Å². The zero-order chi connectivity index (χ0) is 14.5. The topological polar surface area (TPSA) is 63.8 Å². The predicted octanol–water partition coefficient (Wildman–Crippen LogP) is 2.93. The second kappa shape index (κ2) is 6.95. The smallest absolute Gasteiger partial charge is 0.0973 e. The quantitative estimate of drug-likeness (QED) is 0.852. The minimum atomic E-state index is -0.560. The van der Waals surface area contributed by atoms with Gasteiger partial charge >= 0.3 is 0 Å². The Morgan fingerprint density at radius 2 is 2.05 bits per heavy atom. The van der Waals surface area contributed by atoms with Gasteiger partial charge in [-0.15, -0.1) is 5.10 Å². The Bertz CT molecular complexity index is 533. The molecule has 0 radical (unpaired) electrons. The van der Waals surface area contributed by atoms with E-state index in [4.69, 9.17) is 0 Å². The first-order valence-electron chi connectivity index (χ1n) is 7.22. The molecule has 0 aliphatic rings. The van der Waals surface area contributed by atoms with Gasteiger partial charge in [-0.05, 0) is 36.9 Å². The average molecular weight is 294 g/mol. The molecule has 0 spiro atoms. The molecule has 1 atom stereocenters. The minimum Gasteiger partial charge on any atom is -0.387 e. The van der Waals surface area contributed by atoms with E-state index in [9.17, 15) is 5.11 Å². The summed E-state index contributed by atoms with van der Waals surface area (Å²) in [5.41, 5.74) is 1.81. The van der Waals surface area contributed by atoms with Gasteiger partial charge in [0.05, 0.1) is 28.4 Å². The molecule has 110 valence electrons. The molecule has 0 aromatic carbocycles. The minimum absolute atomic E-state index is 0.442. The zero-order valence-corrected chi connectivity index (χ0v) is 13.1. The normalized spacial score (nSPS) is 13.1. The molecule has 5 nitrogen and oxygen atoms in total. The fourth-order valence-electron chi connectivity index (χ4n) is 2.36. The predicted molar refractivity (Wildman–Crippen MR) is 79.8 cm³/mol. The van der Waals surface area contributed by atoms with Crippen molar-refractivity contribution in [2.75, 3.05) is 0 Å². The molecule has 0 aliphatic carbocycles. The molecular weight excluding hydrogens is 272 g/mol. The lowest BCUT2D eigenvalue weighted by Crippen LogP contribution is -2.09. The number of hydrogen-bond donors (Lipinski definition) is 1. The van der Waals surface area contributed by atoms with E-state index in [2.05, 4.69) is 28.5 Å². The van der Waals surface area contributed by atoms with Gasteiger partial charge < -0.3 is 5.11 Å². The van der Waals surface area contributed by atoms with Gasteiger partial charge in [0.1, 0.15) is 0 Å². The molecule has 1 N–H and O–H groups in total. The third-order valence-electron chi connectivity index (χ3n) is 3.61. The molecule has 2 aromatic rings. The molecular formula is C14H22N4OS. The molecule has 0 aliphatic heterocycles. The van der Waals surface area contributed by atoms with E-state index in [1.165, 1.54) is 11.5 Å². The number of aromatic nitrogens is 4. The first-order valence-corrected chi connectivity index (χ1v) is 8.00. The summed E-state index contributed by atoms with van der Waals surface area (Å²) < 4.78 is 5.93. The van der Waals surface area contributed by atoms with Crippen molar-refractivity contribution in [3.63, 3.8) is 0 Å². The summed E-state index contributed by atoms with van der Waals surface area (Å²) in [6.07, 6.45) is 4.90. The zero-order valence-electron chi connectivity index (χ0n) is 12.3. The van der Waals surface area contributed by atoms with Crippen molar-refractivity contribution >= 4 is 11.5 Å². The van der Waals surface area contributed by atoms with Crippen LogP contribution in [0.5, 0.6) is 0 Å². The van der Waals surface area contributed by atoms with Gasteiger partial charge in [-0.1, -0.05) is 25.3 Å². The van der Waals surface area contributed by atoms with Gasteiger partial charge in [0.15, 0.2) is 0 Å². The molecule has 1 unspecified atom stereocenters. The van der Waals surface area contributed by atoms with E-state index < -0.39 is 6.10 Å². The monoisotopic (exact) mass is 294 g/mol. The Balaban J connectivity index is 2.07. The number of nitrogens with zero attached hydrogens (tertiary/aromatic N) is 4. The summed E-state index contributed by atoms with van der Waals surface area (Å²) in [4.78, 5) is 0.865. The molecule has 0 bridgehead atoms. The molecule has 6 heteroatoms. The molecule has 0 fully saturated rings. The van der Waals surface area contributed by atoms with E-state index in [-0.39, 0.29) is 0 Å². The number of aliphatic hydroxyl groups is 1.